The Labute approximate surface area is 122 Å². The van der Waals surface area contributed by atoms with Crippen LogP contribution in [0.2, 0.25) is 0 Å². The normalized spacial score (nSPS) is 21.9. The molecule has 112 valence electrons. The molecular formula is C15H24N2O2S. The molecule has 0 heterocycles. The van der Waals surface area contributed by atoms with Crippen molar-refractivity contribution in [2.45, 2.75) is 50.6 Å². The van der Waals surface area contributed by atoms with Gasteiger partial charge in [-0.15, -0.1) is 0 Å². The van der Waals surface area contributed by atoms with E-state index in [1.165, 1.54) is 0 Å². The summed E-state index contributed by atoms with van der Waals surface area (Å²) in [5, 5.41) is 3.22. The number of hydrogen-bond donors (Lipinski definition) is 2. The van der Waals surface area contributed by atoms with Crippen molar-refractivity contribution < 1.29 is 8.42 Å². The molecule has 2 N–H and O–H groups in total. The molecule has 0 aromatic heterocycles. The topological polar surface area (TPSA) is 58.2 Å². The highest BCUT2D eigenvalue weighted by molar-refractivity contribution is 7.89. The van der Waals surface area contributed by atoms with Gasteiger partial charge in [-0.05, 0) is 43.0 Å². The summed E-state index contributed by atoms with van der Waals surface area (Å²) in [6.45, 7) is 5.85. The van der Waals surface area contributed by atoms with E-state index < -0.39 is 10.0 Å². The first-order valence-corrected chi connectivity index (χ1v) is 8.87. The van der Waals surface area contributed by atoms with Crippen molar-refractivity contribution in [3.63, 3.8) is 0 Å². The van der Waals surface area contributed by atoms with Gasteiger partial charge < -0.3 is 5.32 Å². The quantitative estimate of drug-likeness (QED) is 0.773. The Hall–Kier alpha value is -0.910. The first-order chi connectivity index (χ1) is 9.56. The van der Waals surface area contributed by atoms with Gasteiger partial charge in [0.15, 0.2) is 0 Å². The minimum Gasteiger partial charge on any atom is -0.313 e. The van der Waals surface area contributed by atoms with Crippen molar-refractivity contribution in [2.75, 3.05) is 6.54 Å². The van der Waals surface area contributed by atoms with Gasteiger partial charge >= 0.3 is 0 Å². The van der Waals surface area contributed by atoms with Gasteiger partial charge in [0.1, 0.15) is 0 Å². The molecule has 2 atom stereocenters. The predicted octanol–water partition coefficient (Wildman–Crippen LogP) is 2.26. The van der Waals surface area contributed by atoms with Crippen LogP contribution in [0.1, 0.15) is 38.7 Å². The highest BCUT2D eigenvalue weighted by Crippen LogP contribution is 2.35. The molecule has 1 aromatic carbocycles. The van der Waals surface area contributed by atoms with Crippen LogP contribution in [0.4, 0.5) is 0 Å². The van der Waals surface area contributed by atoms with Gasteiger partial charge in [-0.2, -0.15) is 0 Å². The van der Waals surface area contributed by atoms with Crippen molar-refractivity contribution in [3.8, 4) is 0 Å². The molecule has 1 aliphatic carbocycles. The van der Waals surface area contributed by atoms with E-state index in [0.717, 1.165) is 37.9 Å². The van der Waals surface area contributed by atoms with E-state index in [1.807, 2.05) is 19.1 Å². The summed E-state index contributed by atoms with van der Waals surface area (Å²) in [6.07, 6.45) is 3.20. The molecule has 0 spiro atoms. The first-order valence-electron chi connectivity index (χ1n) is 7.38. The number of benzene rings is 1. The van der Waals surface area contributed by atoms with E-state index >= 15 is 0 Å². The van der Waals surface area contributed by atoms with E-state index in [-0.39, 0.29) is 6.04 Å². The highest BCUT2D eigenvalue weighted by Gasteiger charge is 2.39. The lowest BCUT2D eigenvalue weighted by molar-refractivity contribution is 0.573. The summed E-state index contributed by atoms with van der Waals surface area (Å²) in [4.78, 5) is 0.361. The molecule has 20 heavy (non-hydrogen) atoms. The van der Waals surface area contributed by atoms with Gasteiger partial charge in [-0.1, -0.05) is 32.4 Å². The molecule has 1 aromatic rings. The number of sulfonamides is 1. The van der Waals surface area contributed by atoms with Crippen molar-refractivity contribution in [1.82, 2.24) is 10.0 Å². The zero-order valence-electron chi connectivity index (χ0n) is 12.2. The van der Waals surface area contributed by atoms with Crippen molar-refractivity contribution in [3.05, 3.63) is 29.8 Å². The number of nitrogens with one attached hydrogen (secondary N) is 2. The molecule has 2 unspecified atom stereocenters. The van der Waals surface area contributed by atoms with Crippen LogP contribution in [0.3, 0.4) is 0 Å². The van der Waals surface area contributed by atoms with Crippen LogP contribution >= 0.6 is 0 Å². The zero-order chi connectivity index (χ0) is 14.6. The molecule has 1 fully saturated rings. The second kappa shape index (κ2) is 6.70. The van der Waals surface area contributed by atoms with E-state index in [1.54, 1.807) is 12.1 Å². The average Bonchev–Trinajstić information content (AvgIpc) is 3.14. The standard InChI is InChI=1S/C15H24N2O2S/c1-3-5-13-10-15(13)17-20(18,19)14-8-6-12(7-9-14)11-16-4-2/h6-9,13,15-17H,3-5,10-11H2,1-2H3. The Bertz CT molecular complexity index is 525. The lowest BCUT2D eigenvalue weighted by Crippen LogP contribution is -2.27. The summed E-state index contributed by atoms with van der Waals surface area (Å²) in [5.41, 5.74) is 1.10. The Morgan fingerprint density at radius 2 is 1.90 bits per heavy atom. The van der Waals surface area contributed by atoms with Crippen LogP contribution in [0.5, 0.6) is 0 Å². The fourth-order valence-electron chi connectivity index (χ4n) is 2.40. The summed E-state index contributed by atoms with van der Waals surface area (Å²) < 4.78 is 27.3. The molecule has 4 nitrogen and oxygen atoms in total. The molecule has 0 amide bonds. The third kappa shape index (κ3) is 4.04. The molecule has 0 bridgehead atoms. The van der Waals surface area contributed by atoms with E-state index in [4.69, 9.17) is 0 Å². The van der Waals surface area contributed by atoms with Crippen LogP contribution < -0.4 is 10.0 Å². The third-order valence-corrected chi connectivity index (χ3v) is 5.21. The molecule has 0 aliphatic heterocycles. The molecule has 5 heteroatoms. The van der Waals surface area contributed by atoms with E-state index in [2.05, 4.69) is 17.0 Å². The van der Waals surface area contributed by atoms with Crippen LogP contribution in [0, 0.1) is 5.92 Å². The van der Waals surface area contributed by atoms with E-state index in [0.29, 0.717) is 10.8 Å². The van der Waals surface area contributed by atoms with E-state index in [9.17, 15) is 8.42 Å². The van der Waals surface area contributed by atoms with Crippen LogP contribution in [0.15, 0.2) is 29.2 Å². The second-order valence-corrected chi connectivity index (χ2v) is 7.15. The summed E-state index contributed by atoms with van der Waals surface area (Å²) in [7, 11) is -3.36. The molecule has 0 radical (unpaired) electrons. The molecule has 0 saturated heterocycles. The third-order valence-electron chi connectivity index (χ3n) is 3.70. The summed E-state index contributed by atoms with van der Waals surface area (Å²) in [6, 6.07) is 7.25. The minimum absolute atomic E-state index is 0.140. The Morgan fingerprint density at radius 3 is 2.50 bits per heavy atom. The van der Waals surface area contributed by atoms with Crippen LogP contribution in [0.25, 0.3) is 0 Å². The maximum absolute atomic E-state index is 12.2. The lowest BCUT2D eigenvalue weighted by atomic mass is 10.2. The molecular weight excluding hydrogens is 272 g/mol. The minimum atomic E-state index is -3.36. The first kappa shape index (κ1) is 15.5. The Morgan fingerprint density at radius 1 is 1.20 bits per heavy atom. The Balaban J connectivity index is 1.96. The van der Waals surface area contributed by atoms with Crippen molar-refractivity contribution in [1.29, 1.82) is 0 Å². The molecule has 1 aliphatic rings. The largest absolute Gasteiger partial charge is 0.313 e. The molecule has 1 saturated carbocycles. The fourth-order valence-corrected chi connectivity index (χ4v) is 3.72. The van der Waals surface area contributed by atoms with Crippen LogP contribution in [-0.2, 0) is 16.6 Å². The van der Waals surface area contributed by atoms with Gasteiger partial charge in [0, 0.05) is 12.6 Å². The van der Waals surface area contributed by atoms with Gasteiger partial charge in [0.2, 0.25) is 10.0 Å². The maximum atomic E-state index is 12.2. The predicted molar refractivity (Wildman–Crippen MR) is 80.9 cm³/mol. The highest BCUT2D eigenvalue weighted by atomic mass is 32.2. The smallest absolute Gasteiger partial charge is 0.240 e. The molecule has 2 rings (SSSR count). The summed E-state index contributed by atoms with van der Waals surface area (Å²) in [5.74, 6) is 0.530. The van der Waals surface area contributed by atoms with Crippen molar-refractivity contribution in [2.24, 2.45) is 5.92 Å². The lowest BCUT2D eigenvalue weighted by Gasteiger charge is -2.08. The van der Waals surface area contributed by atoms with Gasteiger partial charge in [0.25, 0.3) is 0 Å². The number of hydrogen-bond acceptors (Lipinski definition) is 3. The van der Waals surface area contributed by atoms with Gasteiger partial charge in [0.05, 0.1) is 4.90 Å². The monoisotopic (exact) mass is 296 g/mol. The maximum Gasteiger partial charge on any atom is 0.240 e. The van der Waals surface area contributed by atoms with Crippen molar-refractivity contribution >= 4 is 10.0 Å². The average molecular weight is 296 g/mol. The fraction of sp³-hybridized carbons (Fsp3) is 0.600. The number of rotatable bonds is 8. The zero-order valence-corrected chi connectivity index (χ0v) is 13.0. The second-order valence-electron chi connectivity index (χ2n) is 5.44. The van der Waals surface area contributed by atoms with Crippen LogP contribution in [-0.4, -0.2) is 21.0 Å². The Kier molecular flexibility index (Phi) is 5.18. The SMILES string of the molecule is CCCC1CC1NS(=O)(=O)c1ccc(CNCC)cc1. The summed E-state index contributed by atoms with van der Waals surface area (Å²) >= 11 is 0. The van der Waals surface area contributed by atoms with Gasteiger partial charge in [-0.3, -0.25) is 0 Å². The van der Waals surface area contributed by atoms with Gasteiger partial charge in [-0.25, -0.2) is 13.1 Å².